The van der Waals surface area contributed by atoms with Crippen LogP contribution < -0.4 is 5.32 Å². The average molecular weight is 413 g/mol. The second-order valence-electron chi connectivity index (χ2n) is 4.73. The molecule has 2 aromatic carbocycles. The molecular formula is C17H20INOS. The number of benzene rings is 2. The third-order valence-electron chi connectivity index (χ3n) is 3.03. The maximum absolute atomic E-state index is 5.03. The van der Waals surface area contributed by atoms with Crippen molar-refractivity contribution in [3.8, 4) is 0 Å². The molecule has 0 unspecified atom stereocenters. The van der Waals surface area contributed by atoms with Crippen LogP contribution in [-0.2, 0) is 17.0 Å². The highest BCUT2D eigenvalue weighted by atomic mass is 127. The fourth-order valence-electron chi connectivity index (χ4n) is 1.90. The number of methoxy groups -OCH3 is 1. The molecule has 0 saturated carbocycles. The van der Waals surface area contributed by atoms with Crippen LogP contribution in [0.4, 0.5) is 0 Å². The maximum Gasteiger partial charge on any atom is 0.0587 e. The predicted molar refractivity (Wildman–Crippen MR) is 98.7 cm³/mol. The first-order valence-corrected chi connectivity index (χ1v) is 9.00. The number of nitrogens with one attached hydrogen (secondary N) is 1. The highest BCUT2D eigenvalue weighted by molar-refractivity contribution is 14.1. The zero-order valence-corrected chi connectivity index (χ0v) is 15.1. The summed E-state index contributed by atoms with van der Waals surface area (Å²) in [5, 5.41) is 3.37. The molecule has 0 aliphatic rings. The normalized spacial score (nSPS) is 10.8. The molecule has 0 aliphatic heterocycles. The van der Waals surface area contributed by atoms with E-state index in [4.69, 9.17) is 4.74 Å². The molecular weight excluding hydrogens is 393 g/mol. The van der Waals surface area contributed by atoms with E-state index in [1.54, 1.807) is 7.11 Å². The van der Waals surface area contributed by atoms with Crippen LogP contribution in [0.3, 0.4) is 0 Å². The van der Waals surface area contributed by atoms with Gasteiger partial charge in [-0.25, -0.2) is 0 Å². The number of halogens is 1. The zero-order valence-electron chi connectivity index (χ0n) is 12.1. The summed E-state index contributed by atoms with van der Waals surface area (Å²) in [5.74, 6) is 1.01. The van der Waals surface area contributed by atoms with E-state index in [0.717, 1.165) is 25.4 Å². The Labute approximate surface area is 144 Å². The summed E-state index contributed by atoms with van der Waals surface area (Å²) >= 11 is 4.22. The third-order valence-corrected chi connectivity index (χ3v) is 4.81. The van der Waals surface area contributed by atoms with Gasteiger partial charge in [0.05, 0.1) is 6.61 Å². The summed E-state index contributed by atoms with van der Waals surface area (Å²) in [6.07, 6.45) is 0. The summed E-state index contributed by atoms with van der Waals surface area (Å²) in [5.41, 5.74) is 2.68. The van der Waals surface area contributed by atoms with Gasteiger partial charge < -0.3 is 10.1 Å². The van der Waals surface area contributed by atoms with Gasteiger partial charge in [-0.2, -0.15) is 0 Å². The fourth-order valence-corrected chi connectivity index (χ4v) is 3.19. The van der Waals surface area contributed by atoms with E-state index in [1.807, 2.05) is 11.8 Å². The van der Waals surface area contributed by atoms with E-state index in [9.17, 15) is 0 Å². The van der Waals surface area contributed by atoms with Gasteiger partial charge in [0, 0.05) is 34.4 Å². The minimum atomic E-state index is 0.751. The number of hydrogen-bond acceptors (Lipinski definition) is 3. The average Bonchev–Trinajstić information content (AvgIpc) is 2.52. The largest absolute Gasteiger partial charge is 0.383 e. The van der Waals surface area contributed by atoms with Crippen LogP contribution in [0, 0.1) is 3.57 Å². The molecule has 2 nitrogen and oxygen atoms in total. The standard InChI is InChI=1S/C17H20INOS/c1-20-10-9-19-12-15-3-2-4-17(11-15)21-13-14-5-7-16(18)8-6-14/h2-8,11,19H,9-10,12-13H2,1H3. The summed E-state index contributed by atoms with van der Waals surface area (Å²) in [7, 11) is 1.73. The van der Waals surface area contributed by atoms with Crippen LogP contribution in [0.25, 0.3) is 0 Å². The molecule has 0 aromatic heterocycles. The van der Waals surface area contributed by atoms with Gasteiger partial charge in [-0.1, -0.05) is 24.3 Å². The van der Waals surface area contributed by atoms with Crippen molar-refractivity contribution in [3.63, 3.8) is 0 Å². The first-order valence-electron chi connectivity index (χ1n) is 6.94. The summed E-state index contributed by atoms with van der Waals surface area (Å²) < 4.78 is 6.32. The molecule has 0 aliphatic carbocycles. The number of hydrogen-bond donors (Lipinski definition) is 1. The minimum absolute atomic E-state index is 0.751. The van der Waals surface area contributed by atoms with Crippen LogP contribution in [0.2, 0.25) is 0 Å². The lowest BCUT2D eigenvalue weighted by Crippen LogP contribution is -2.18. The van der Waals surface area contributed by atoms with E-state index < -0.39 is 0 Å². The van der Waals surface area contributed by atoms with Crippen LogP contribution in [0.15, 0.2) is 53.4 Å². The second kappa shape index (κ2) is 9.46. The topological polar surface area (TPSA) is 21.3 Å². The molecule has 0 amide bonds. The Morgan fingerprint density at radius 1 is 1.10 bits per heavy atom. The first-order chi connectivity index (χ1) is 10.3. The van der Waals surface area contributed by atoms with Gasteiger partial charge in [-0.05, 0) is 58.0 Å². The molecule has 0 atom stereocenters. The van der Waals surface area contributed by atoms with Crippen molar-refractivity contribution >= 4 is 34.4 Å². The Hall–Kier alpha value is -0.560. The quantitative estimate of drug-likeness (QED) is 0.396. The molecule has 2 rings (SSSR count). The van der Waals surface area contributed by atoms with Crippen molar-refractivity contribution < 1.29 is 4.74 Å². The molecule has 0 spiro atoms. The summed E-state index contributed by atoms with van der Waals surface area (Å²) in [4.78, 5) is 1.32. The van der Waals surface area contributed by atoms with Gasteiger partial charge in [0.15, 0.2) is 0 Å². The van der Waals surface area contributed by atoms with Gasteiger partial charge in [-0.3, -0.25) is 0 Å². The number of ether oxygens (including phenoxy) is 1. The van der Waals surface area contributed by atoms with Crippen molar-refractivity contribution in [1.29, 1.82) is 0 Å². The smallest absolute Gasteiger partial charge is 0.0587 e. The molecule has 0 radical (unpaired) electrons. The lowest BCUT2D eigenvalue weighted by atomic mass is 10.2. The van der Waals surface area contributed by atoms with Crippen LogP contribution in [-0.4, -0.2) is 20.3 Å². The van der Waals surface area contributed by atoms with E-state index in [2.05, 4.69) is 76.4 Å². The number of thioether (sulfide) groups is 1. The first kappa shape index (κ1) is 16.8. The van der Waals surface area contributed by atoms with Crippen LogP contribution in [0.5, 0.6) is 0 Å². The summed E-state index contributed by atoms with van der Waals surface area (Å²) in [6.45, 7) is 2.53. The van der Waals surface area contributed by atoms with Crippen LogP contribution in [0.1, 0.15) is 11.1 Å². The van der Waals surface area contributed by atoms with Gasteiger partial charge in [-0.15, -0.1) is 11.8 Å². The Morgan fingerprint density at radius 3 is 2.67 bits per heavy atom. The molecule has 0 saturated heterocycles. The third kappa shape index (κ3) is 6.38. The minimum Gasteiger partial charge on any atom is -0.383 e. The van der Waals surface area contributed by atoms with E-state index in [-0.39, 0.29) is 0 Å². The highest BCUT2D eigenvalue weighted by Gasteiger charge is 1.99. The zero-order chi connectivity index (χ0) is 14.9. The van der Waals surface area contributed by atoms with Crippen molar-refractivity contribution in [2.75, 3.05) is 20.3 Å². The summed E-state index contributed by atoms with van der Waals surface area (Å²) in [6, 6.07) is 17.4. The van der Waals surface area contributed by atoms with E-state index in [1.165, 1.54) is 19.6 Å². The molecule has 0 bridgehead atoms. The van der Waals surface area contributed by atoms with Crippen LogP contribution >= 0.6 is 34.4 Å². The monoisotopic (exact) mass is 413 g/mol. The van der Waals surface area contributed by atoms with Gasteiger partial charge in [0.25, 0.3) is 0 Å². The molecule has 21 heavy (non-hydrogen) atoms. The lowest BCUT2D eigenvalue weighted by Gasteiger charge is -2.07. The molecule has 4 heteroatoms. The predicted octanol–water partition coefficient (Wildman–Crippen LogP) is 4.32. The Morgan fingerprint density at radius 2 is 1.90 bits per heavy atom. The van der Waals surface area contributed by atoms with Gasteiger partial charge >= 0.3 is 0 Å². The second-order valence-corrected chi connectivity index (χ2v) is 7.03. The SMILES string of the molecule is COCCNCc1cccc(SCc2ccc(I)cc2)c1. The molecule has 1 N–H and O–H groups in total. The van der Waals surface area contributed by atoms with Gasteiger partial charge in [0.1, 0.15) is 0 Å². The van der Waals surface area contributed by atoms with Crippen molar-refractivity contribution in [2.24, 2.45) is 0 Å². The number of rotatable bonds is 8. The van der Waals surface area contributed by atoms with Crippen molar-refractivity contribution in [1.82, 2.24) is 5.32 Å². The molecule has 0 heterocycles. The van der Waals surface area contributed by atoms with E-state index in [0.29, 0.717) is 0 Å². The Bertz CT molecular complexity index is 545. The van der Waals surface area contributed by atoms with Gasteiger partial charge in [0.2, 0.25) is 0 Å². The fraction of sp³-hybridized carbons (Fsp3) is 0.294. The van der Waals surface area contributed by atoms with Crippen molar-refractivity contribution in [2.45, 2.75) is 17.2 Å². The molecule has 112 valence electrons. The maximum atomic E-state index is 5.03. The highest BCUT2D eigenvalue weighted by Crippen LogP contribution is 2.24. The molecule has 0 fully saturated rings. The lowest BCUT2D eigenvalue weighted by molar-refractivity contribution is 0.199. The Kier molecular flexibility index (Phi) is 7.57. The van der Waals surface area contributed by atoms with Crippen molar-refractivity contribution in [3.05, 3.63) is 63.2 Å². The van der Waals surface area contributed by atoms with E-state index >= 15 is 0 Å². The Balaban J connectivity index is 1.84. The molecule has 2 aromatic rings.